The molecule has 0 aromatic rings. The van der Waals surface area contributed by atoms with Gasteiger partial charge < -0.3 is 4.43 Å². The van der Waals surface area contributed by atoms with Gasteiger partial charge in [-0.15, -0.1) is 6.58 Å². The van der Waals surface area contributed by atoms with Gasteiger partial charge in [-0.2, -0.15) is 0 Å². The van der Waals surface area contributed by atoms with Gasteiger partial charge in [0.2, 0.25) is 9.04 Å². The molecule has 0 spiro atoms. The Labute approximate surface area is 59.5 Å². The van der Waals surface area contributed by atoms with E-state index in [1.54, 1.807) is 0 Å². The van der Waals surface area contributed by atoms with E-state index < -0.39 is 9.04 Å². The first kappa shape index (κ1) is 8.92. The Kier molecular flexibility index (Phi) is 5.99. The minimum absolute atomic E-state index is 0.521. The molecule has 0 unspecified atom stereocenters. The van der Waals surface area contributed by atoms with Crippen molar-refractivity contribution in [1.82, 2.24) is 0 Å². The van der Waals surface area contributed by atoms with Crippen molar-refractivity contribution in [2.45, 2.75) is 25.9 Å². The summed E-state index contributed by atoms with van der Waals surface area (Å²) in [5, 5.41) is 0. The molecule has 0 atom stereocenters. The van der Waals surface area contributed by atoms with Gasteiger partial charge >= 0.3 is 0 Å². The van der Waals surface area contributed by atoms with E-state index in [-0.39, 0.29) is 0 Å². The maximum atomic E-state index is 5.46. The van der Waals surface area contributed by atoms with Gasteiger partial charge in [-0.1, -0.05) is 13.0 Å². The van der Waals surface area contributed by atoms with E-state index in [1.807, 2.05) is 6.08 Å². The number of allylic oxidation sites excluding steroid dienone is 1. The van der Waals surface area contributed by atoms with E-state index in [4.69, 9.17) is 4.43 Å². The van der Waals surface area contributed by atoms with Crippen LogP contribution in [-0.4, -0.2) is 15.6 Å². The van der Waals surface area contributed by atoms with Crippen LogP contribution in [0.1, 0.15) is 13.3 Å². The molecule has 0 aliphatic heterocycles. The van der Waals surface area contributed by atoms with Crippen molar-refractivity contribution in [3.8, 4) is 0 Å². The quantitative estimate of drug-likeness (QED) is 0.423. The van der Waals surface area contributed by atoms with Gasteiger partial charge in [0.25, 0.3) is 0 Å². The molecule has 0 aliphatic rings. The Bertz CT molecular complexity index is 73.3. The summed E-state index contributed by atoms with van der Waals surface area (Å²) in [5.74, 6) is 0. The third-order valence-corrected chi connectivity index (χ3v) is 2.54. The van der Waals surface area contributed by atoms with Crippen molar-refractivity contribution in [3.63, 3.8) is 0 Å². The molecule has 53 valence electrons. The highest BCUT2D eigenvalue weighted by atomic mass is 28.3. The zero-order chi connectivity index (χ0) is 7.11. The van der Waals surface area contributed by atoms with Gasteiger partial charge in [-0.05, 0) is 19.0 Å². The molecule has 1 radical (unpaired) electrons. The van der Waals surface area contributed by atoms with Crippen LogP contribution in [0.25, 0.3) is 0 Å². The maximum Gasteiger partial charge on any atom is 0.212 e. The van der Waals surface area contributed by atoms with Crippen LogP contribution >= 0.6 is 0 Å². The lowest BCUT2D eigenvalue weighted by atomic mass is 10.5. The second kappa shape index (κ2) is 6.04. The normalized spacial score (nSPS) is 10.1. The molecular weight excluding hydrogens is 128 g/mol. The molecule has 0 N–H and O–H groups in total. The SMILES string of the molecule is C=CC[Si](C)OCCC. The first-order valence-electron chi connectivity index (χ1n) is 3.37. The highest BCUT2D eigenvalue weighted by Gasteiger charge is 2.00. The van der Waals surface area contributed by atoms with Gasteiger partial charge in [0.15, 0.2) is 0 Å². The molecule has 0 fully saturated rings. The molecule has 2 heteroatoms. The lowest BCUT2D eigenvalue weighted by molar-refractivity contribution is 0.324. The lowest BCUT2D eigenvalue weighted by Gasteiger charge is -2.05. The first-order valence-corrected chi connectivity index (χ1v) is 5.49. The molecule has 0 amide bonds. The second-order valence-electron chi connectivity index (χ2n) is 2.04. The minimum atomic E-state index is -0.521. The first-order chi connectivity index (χ1) is 4.31. The Morgan fingerprint density at radius 1 is 1.67 bits per heavy atom. The Morgan fingerprint density at radius 3 is 2.78 bits per heavy atom. The van der Waals surface area contributed by atoms with Gasteiger partial charge in [-0.25, -0.2) is 0 Å². The van der Waals surface area contributed by atoms with E-state index in [0.29, 0.717) is 0 Å². The average Bonchev–Trinajstić information content (AvgIpc) is 1.85. The van der Waals surface area contributed by atoms with Gasteiger partial charge in [0.1, 0.15) is 0 Å². The smallest absolute Gasteiger partial charge is 0.212 e. The highest BCUT2D eigenvalue weighted by molar-refractivity contribution is 6.50. The lowest BCUT2D eigenvalue weighted by Crippen LogP contribution is -2.11. The summed E-state index contributed by atoms with van der Waals surface area (Å²) in [6.45, 7) is 8.87. The van der Waals surface area contributed by atoms with Crippen molar-refractivity contribution in [2.24, 2.45) is 0 Å². The molecule has 0 heterocycles. The van der Waals surface area contributed by atoms with Crippen LogP contribution in [0.5, 0.6) is 0 Å². The average molecular weight is 143 g/mol. The van der Waals surface area contributed by atoms with Crippen LogP contribution < -0.4 is 0 Å². The second-order valence-corrected chi connectivity index (χ2v) is 4.14. The van der Waals surface area contributed by atoms with Crippen LogP contribution in [-0.2, 0) is 4.43 Å². The van der Waals surface area contributed by atoms with Crippen molar-refractivity contribution in [2.75, 3.05) is 6.61 Å². The highest BCUT2D eigenvalue weighted by Crippen LogP contribution is 1.94. The molecule has 0 aromatic carbocycles. The van der Waals surface area contributed by atoms with Crippen molar-refractivity contribution >= 4 is 9.04 Å². The maximum absolute atomic E-state index is 5.46. The summed E-state index contributed by atoms with van der Waals surface area (Å²) >= 11 is 0. The predicted molar refractivity (Wildman–Crippen MR) is 42.9 cm³/mol. The van der Waals surface area contributed by atoms with Gasteiger partial charge in [0.05, 0.1) is 0 Å². The van der Waals surface area contributed by atoms with Crippen LogP contribution in [0, 0.1) is 0 Å². The molecule has 0 rings (SSSR count). The zero-order valence-corrected chi connectivity index (χ0v) is 7.31. The monoisotopic (exact) mass is 143 g/mol. The fourth-order valence-electron chi connectivity index (χ4n) is 0.538. The largest absolute Gasteiger partial charge is 0.417 e. The van der Waals surface area contributed by atoms with Gasteiger partial charge in [-0.3, -0.25) is 0 Å². The number of rotatable bonds is 5. The van der Waals surface area contributed by atoms with Crippen LogP contribution in [0.4, 0.5) is 0 Å². The molecular formula is C7H15OSi. The van der Waals surface area contributed by atoms with Crippen molar-refractivity contribution < 1.29 is 4.43 Å². The van der Waals surface area contributed by atoms with Crippen molar-refractivity contribution in [3.05, 3.63) is 12.7 Å². The standard InChI is InChI=1S/C7H15OSi/c1-4-6-8-9(3)7-5-2/h5H,2,4,6-7H2,1,3H3. The summed E-state index contributed by atoms with van der Waals surface area (Å²) in [7, 11) is -0.521. The molecule has 0 saturated heterocycles. The van der Waals surface area contributed by atoms with Crippen LogP contribution in [0.15, 0.2) is 12.7 Å². The Morgan fingerprint density at radius 2 is 2.33 bits per heavy atom. The summed E-state index contributed by atoms with van der Waals surface area (Å²) < 4.78 is 5.46. The molecule has 0 aliphatic carbocycles. The zero-order valence-electron chi connectivity index (χ0n) is 6.31. The van der Waals surface area contributed by atoms with E-state index in [1.165, 1.54) is 0 Å². The molecule has 0 aromatic heterocycles. The molecule has 1 nitrogen and oxygen atoms in total. The van der Waals surface area contributed by atoms with E-state index in [2.05, 4.69) is 20.0 Å². The fourth-order valence-corrected chi connectivity index (χ4v) is 1.62. The summed E-state index contributed by atoms with van der Waals surface area (Å²) in [5.41, 5.74) is 0. The summed E-state index contributed by atoms with van der Waals surface area (Å²) in [6, 6.07) is 1.06. The number of hydrogen-bond acceptors (Lipinski definition) is 1. The minimum Gasteiger partial charge on any atom is -0.417 e. The van der Waals surface area contributed by atoms with Gasteiger partial charge in [0, 0.05) is 6.61 Å². The fraction of sp³-hybridized carbons (Fsp3) is 0.714. The van der Waals surface area contributed by atoms with E-state index in [0.717, 1.165) is 19.1 Å². The molecule has 9 heavy (non-hydrogen) atoms. The predicted octanol–water partition coefficient (Wildman–Crippen LogP) is 2.22. The third kappa shape index (κ3) is 5.79. The van der Waals surface area contributed by atoms with Crippen molar-refractivity contribution in [1.29, 1.82) is 0 Å². The van der Waals surface area contributed by atoms with Crippen LogP contribution in [0.3, 0.4) is 0 Å². The molecule has 0 bridgehead atoms. The topological polar surface area (TPSA) is 9.23 Å². The Hall–Kier alpha value is -0.0831. The number of hydrogen-bond donors (Lipinski definition) is 0. The summed E-state index contributed by atoms with van der Waals surface area (Å²) in [4.78, 5) is 0. The Balaban J connectivity index is 3.04. The third-order valence-electron chi connectivity index (χ3n) is 0.984. The van der Waals surface area contributed by atoms with E-state index in [9.17, 15) is 0 Å². The summed E-state index contributed by atoms with van der Waals surface area (Å²) in [6.07, 6.45) is 3.06. The molecule has 0 saturated carbocycles. The van der Waals surface area contributed by atoms with E-state index >= 15 is 0 Å². The van der Waals surface area contributed by atoms with Crippen LogP contribution in [0.2, 0.25) is 12.6 Å².